The lowest BCUT2D eigenvalue weighted by molar-refractivity contribution is -0.122. The van der Waals surface area contributed by atoms with Gasteiger partial charge in [0.05, 0.1) is 5.69 Å². The zero-order valence-corrected chi connectivity index (χ0v) is 21.9. The maximum Gasteiger partial charge on any atom is 0.270 e. The fraction of sp³-hybridized carbons (Fsp3) is 0.393. The number of rotatable bonds is 3. The number of nitrogens with one attached hydrogen (secondary N) is 1. The molecule has 0 radical (unpaired) electrons. The summed E-state index contributed by atoms with van der Waals surface area (Å²) in [6.07, 6.45) is 2.76. The summed E-state index contributed by atoms with van der Waals surface area (Å²) in [4.78, 5) is 30.3. The van der Waals surface area contributed by atoms with E-state index in [0.717, 1.165) is 35.2 Å². The summed E-state index contributed by atoms with van der Waals surface area (Å²) in [6, 6.07) is 10.1. The lowest BCUT2D eigenvalue weighted by Gasteiger charge is -2.47. The molecule has 0 spiro atoms. The third-order valence-corrected chi connectivity index (χ3v) is 7.59. The standard InChI is InChI=1S/C28H33N3O2S/c1-8-30-24-12-17(3)20(13-21(24)18(4)15-28(30,6)7)14-22-25(32)29-27(34)31(26(22)33)23-11-9-10-16(2)19(23)5/h9-14,18H,8,15H2,1-7H3,(H,29,32,34)/b22-14-. The number of fused-ring (bicyclic) bond motifs is 1. The normalized spacial score (nSPS) is 21.1. The Morgan fingerprint density at radius 3 is 2.50 bits per heavy atom. The molecular formula is C28H33N3O2S. The van der Waals surface area contributed by atoms with Gasteiger partial charge >= 0.3 is 0 Å². The average Bonchev–Trinajstić information content (AvgIpc) is 2.74. The van der Waals surface area contributed by atoms with Crippen LogP contribution >= 0.6 is 12.2 Å². The van der Waals surface area contributed by atoms with Crippen molar-refractivity contribution in [2.24, 2.45) is 0 Å². The lowest BCUT2D eigenvalue weighted by Crippen LogP contribution is -2.54. The maximum atomic E-state index is 13.6. The highest BCUT2D eigenvalue weighted by Gasteiger charge is 2.37. The van der Waals surface area contributed by atoms with Crippen molar-refractivity contribution in [1.29, 1.82) is 0 Å². The van der Waals surface area contributed by atoms with Crippen LogP contribution in [0.5, 0.6) is 0 Å². The Morgan fingerprint density at radius 2 is 1.82 bits per heavy atom. The number of nitrogens with zero attached hydrogens (tertiary/aromatic N) is 2. The van der Waals surface area contributed by atoms with Gasteiger partial charge in [-0.1, -0.05) is 19.1 Å². The average molecular weight is 476 g/mol. The molecule has 0 aromatic heterocycles. The van der Waals surface area contributed by atoms with Gasteiger partial charge < -0.3 is 4.90 Å². The number of carbonyl (C=O) groups excluding carboxylic acids is 2. The molecule has 34 heavy (non-hydrogen) atoms. The van der Waals surface area contributed by atoms with Crippen LogP contribution in [0.25, 0.3) is 6.08 Å². The molecule has 178 valence electrons. The second-order valence-corrected chi connectivity index (χ2v) is 10.5. The Balaban J connectivity index is 1.80. The minimum Gasteiger partial charge on any atom is -0.366 e. The molecule has 1 unspecified atom stereocenters. The third-order valence-electron chi connectivity index (χ3n) is 7.31. The van der Waals surface area contributed by atoms with Gasteiger partial charge in [0.15, 0.2) is 5.11 Å². The van der Waals surface area contributed by atoms with E-state index in [2.05, 4.69) is 50.0 Å². The van der Waals surface area contributed by atoms with Crippen LogP contribution in [0, 0.1) is 20.8 Å². The van der Waals surface area contributed by atoms with Crippen LogP contribution < -0.4 is 15.1 Å². The van der Waals surface area contributed by atoms with E-state index in [1.165, 1.54) is 16.2 Å². The van der Waals surface area contributed by atoms with Crippen molar-refractivity contribution < 1.29 is 9.59 Å². The topological polar surface area (TPSA) is 52.7 Å². The first-order valence-corrected chi connectivity index (χ1v) is 12.3. The van der Waals surface area contributed by atoms with E-state index in [9.17, 15) is 9.59 Å². The Hall–Kier alpha value is -2.99. The van der Waals surface area contributed by atoms with E-state index in [1.807, 2.05) is 39.0 Å². The lowest BCUT2D eigenvalue weighted by atomic mass is 9.79. The van der Waals surface area contributed by atoms with E-state index in [4.69, 9.17) is 12.2 Å². The first kappa shape index (κ1) is 24.1. The summed E-state index contributed by atoms with van der Waals surface area (Å²) in [5.41, 5.74) is 7.27. The molecule has 0 aliphatic carbocycles. The molecule has 4 rings (SSSR count). The summed E-state index contributed by atoms with van der Waals surface area (Å²) in [6.45, 7) is 15.9. The number of anilines is 2. The van der Waals surface area contributed by atoms with Gasteiger partial charge in [-0.25, -0.2) is 0 Å². The number of hydrogen-bond donors (Lipinski definition) is 1. The molecule has 0 bridgehead atoms. The van der Waals surface area contributed by atoms with Gasteiger partial charge in [-0.05, 0) is 118 Å². The number of hydrogen-bond acceptors (Lipinski definition) is 4. The van der Waals surface area contributed by atoms with E-state index in [-0.39, 0.29) is 16.2 Å². The fourth-order valence-electron chi connectivity index (χ4n) is 5.41. The van der Waals surface area contributed by atoms with E-state index in [0.29, 0.717) is 11.6 Å². The quantitative estimate of drug-likeness (QED) is 0.359. The molecule has 2 aliphatic rings. The molecule has 1 saturated heterocycles. The van der Waals surface area contributed by atoms with Crippen molar-refractivity contribution in [3.63, 3.8) is 0 Å². The smallest absolute Gasteiger partial charge is 0.270 e. The molecule has 0 saturated carbocycles. The van der Waals surface area contributed by atoms with Gasteiger partial charge in [-0.2, -0.15) is 0 Å². The first-order chi connectivity index (χ1) is 16.0. The van der Waals surface area contributed by atoms with Crippen molar-refractivity contribution in [2.75, 3.05) is 16.3 Å². The van der Waals surface area contributed by atoms with Crippen LogP contribution in [-0.4, -0.2) is 29.0 Å². The van der Waals surface area contributed by atoms with Crippen LogP contribution in [-0.2, 0) is 9.59 Å². The molecule has 1 N–H and O–H groups in total. The molecule has 2 aromatic carbocycles. The number of thiocarbonyl (C=S) groups is 1. The summed E-state index contributed by atoms with van der Waals surface area (Å²) in [5.74, 6) is -0.484. The number of amides is 2. The van der Waals surface area contributed by atoms with Crippen molar-refractivity contribution in [2.45, 2.75) is 66.3 Å². The van der Waals surface area contributed by atoms with Crippen LogP contribution in [0.1, 0.15) is 67.9 Å². The highest BCUT2D eigenvalue weighted by molar-refractivity contribution is 7.80. The van der Waals surface area contributed by atoms with E-state index < -0.39 is 11.8 Å². The van der Waals surface area contributed by atoms with Gasteiger partial charge in [-0.3, -0.25) is 19.8 Å². The summed E-state index contributed by atoms with van der Waals surface area (Å²) in [7, 11) is 0. The number of carbonyl (C=O) groups is 2. The van der Waals surface area contributed by atoms with Crippen LogP contribution in [0.2, 0.25) is 0 Å². The fourth-order valence-corrected chi connectivity index (χ4v) is 5.69. The molecule has 5 nitrogen and oxygen atoms in total. The molecule has 6 heteroatoms. The van der Waals surface area contributed by atoms with E-state index in [1.54, 1.807) is 6.08 Å². The second-order valence-electron chi connectivity index (χ2n) is 10.1. The minimum atomic E-state index is -0.460. The van der Waals surface area contributed by atoms with Gasteiger partial charge in [0.2, 0.25) is 0 Å². The first-order valence-electron chi connectivity index (χ1n) is 11.9. The summed E-state index contributed by atoms with van der Waals surface area (Å²) < 4.78 is 0. The van der Waals surface area contributed by atoms with Gasteiger partial charge in [0.25, 0.3) is 11.8 Å². The SMILES string of the molecule is CCN1c2cc(C)c(/C=C3/C(=O)NC(=S)N(c4cccc(C)c4C)C3=O)cc2C(C)CC1(C)C. The Kier molecular flexibility index (Phi) is 6.15. The van der Waals surface area contributed by atoms with Gasteiger partial charge in [-0.15, -0.1) is 0 Å². The largest absolute Gasteiger partial charge is 0.366 e. The summed E-state index contributed by atoms with van der Waals surface area (Å²) in [5, 5.41) is 2.82. The predicted octanol–water partition coefficient (Wildman–Crippen LogP) is 5.56. The van der Waals surface area contributed by atoms with Crippen molar-refractivity contribution >= 4 is 46.6 Å². The third kappa shape index (κ3) is 3.94. The highest BCUT2D eigenvalue weighted by Crippen LogP contribution is 2.44. The van der Waals surface area contributed by atoms with Crippen LogP contribution in [0.3, 0.4) is 0 Å². The molecule has 2 aliphatic heterocycles. The Morgan fingerprint density at radius 1 is 1.12 bits per heavy atom. The maximum absolute atomic E-state index is 13.6. The number of benzene rings is 2. The van der Waals surface area contributed by atoms with Crippen molar-refractivity contribution in [3.05, 3.63) is 63.7 Å². The monoisotopic (exact) mass is 475 g/mol. The van der Waals surface area contributed by atoms with Crippen molar-refractivity contribution in [1.82, 2.24) is 5.32 Å². The molecule has 2 aromatic rings. The molecule has 2 amide bonds. The van der Waals surface area contributed by atoms with Gasteiger partial charge in [0, 0.05) is 17.8 Å². The zero-order chi connectivity index (χ0) is 24.9. The number of aryl methyl sites for hydroxylation is 2. The summed E-state index contributed by atoms with van der Waals surface area (Å²) >= 11 is 5.39. The van der Waals surface area contributed by atoms with Crippen LogP contribution in [0.15, 0.2) is 35.9 Å². The Bertz CT molecular complexity index is 1240. The Labute approximate surface area is 207 Å². The molecular weight excluding hydrogens is 442 g/mol. The molecule has 1 atom stereocenters. The van der Waals surface area contributed by atoms with Gasteiger partial charge in [0.1, 0.15) is 5.57 Å². The van der Waals surface area contributed by atoms with E-state index >= 15 is 0 Å². The van der Waals surface area contributed by atoms with Crippen molar-refractivity contribution in [3.8, 4) is 0 Å². The highest BCUT2D eigenvalue weighted by atomic mass is 32.1. The molecule has 2 heterocycles. The predicted molar refractivity (Wildman–Crippen MR) is 143 cm³/mol. The minimum absolute atomic E-state index is 0.0781. The zero-order valence-electron chi connectivity index (χ0n) is 21.1. The molecule has 1 fully saturated rings. The second kappa shape index (κ2) is 8.66. The van der Waals surface area contributed by atoms with Crippen LogP contribution in [0.4, 0.5) is 11.4 Å².